The first-order valence-corrected chi connectivity index (χ1v) is 26.7. The Bertz CT molecular complexity index is 2260. The fourth-order valence-electron chi connectivity index (χ4n) is 11.3. The van der Waals surface area contributed by atoms with Gasteiger partial charge in [-0.25, -0.2) is 4.18 Å². The van der Waals surface area contributed by atoms with Gasteiger partial charge in [-0.3, -0.25) is 4.79 Å². The summed E-state index contributed by atoms with van der Waals surface area (Å²) >= 11 is 0. The molecule has 0 aromatic heterocycles. The highest BCUT2D eigenvalue weighted by Gasteiger charge is 2.60. The standard InChI is InChI=1S/C52H75N3O16S/c1-11-29(2)46-32(5)17-18-51(70-46)27-38-24-37(69-51)16-15-31(4)45(30(3)13-12-14-36-28-63-49-44(56)33(6)23-39(50(57)66-38)52(36,49)58)67-42-25-40(61-9)47(34(7)64-42)68-43-26-41(62-10)48(35(8)65-43)71-72(59,60)55(21-19-53)22-20-54/h12-15,17-18,23,29-30,32,34-35,37-49,56,58H,11,16,21-22,24-28H2,1-10H3/t29?,30-,32-,34-,35-,37+,38-,39-,40-,41-,42-,43-,44+,45-,46+,47-,48-,49+,51+,52+/m0/s1. The van der Waals surface area contributed by atoms with Gasteiger partial charge < -0.3 is 57.6 Å². The van der Waals surface area contributed by atoms with Crippen LogP contribution in [0.15, 0.2) is 59.3 Å². The molecule has 6 heterocycles. The molecule has 1 spiro atoms. The maximum Gasteiger partial charge on any atom is 0.340 e. The number of aliphatic hydroxyl groups is 2. The summed E-state index contributed by atoms with van der Waals surface area (Å²) in [4.78, 5) is 14.4. The maximum absolute atomic E-state index is 14.4. The van der Waals surface area contributed by atoms with Crippen molar-refractivity contribution in [3.8, 4) is 12.1 Å². The van der Waals surface area contributed by atoms with Gasteiger partial charge in [-0.2, -0.15) is 23.2 Å². The molecule has 72 heavy (non-hydrogen) atoms. The molecule has 2 bridgehead atoms. The zero-order valence-electron chi connectivity index (χ0n) is 43.2. The van der Waals surface area contributed by atoms with Crippen LogP contribution in [0.3, 0.4) is 0 Å². The van der Waals surface area contributed by atoms with E-state index in [4.69, 9.17) is 62.1 Å². The molecule has 0 radical (unpaired) electrons. The lowest BCUT2D eigenvalue weighted by Gasteiger charge is -2.48. The van der Waals surface area contributed by atoms with Crippen LogP contribution in [0.1, 0.15) is 93.9 Å². The van der Waals surface area contributed by atoms with Gasteiger partial charge >= 0.3 is 16.3 Å². The van der Waals surface area contributed by atoms with Gasteiger partial charge in [0.15, 0.2) is 18.4 Å². The normalized spacial score (nSPS) is 42.1. The molecule has 6 aliphatic heterocycles. The molecule has 20 atom stereocenters. The van der Waals surface area contributed by atoms with E-state index >= 15 is 0 Å². The van der Waals surface area contributed by atoms with E-state index in [1.54, 1.807) is 45.2 Å². The van der Waals surface area contributed by atoms with E-state index in [-0.39, 0.29) is 49.7 Å². The van der Waals surface area contributed by atoms with E-state index in [2.05, 4.69) is 32.9 Å². The van der Waals surface area contributed by atoms with Crippen LogP contribution in [0.2, 0.25) is 0 Å². The zero-order valence-corrected chi connectivity index (χ0v) is 44.0. The molecule has 400 valence electrons. The lowest BCUT2D eigenvalue weighted by molar-refractivity contribution is -0.317. The van der Waals surface area contributed by atoms with Crippen molar-refractivity contribution in [3.05, 3.63) is 59.3 Å². The van der Waals surface area contributed by atoms with E-state index in [1.807, 2.05) is 39.0 Å². The number of ether oxygens (including phenoxy) is 10. The second kappa shape index (κ2) is 23.6. The smallest absolute Gasteiger partial charge is 0.340 e. The molecule has 4 fully saturated rings. The van der Waals surface area contributed by atoms with Crippen molar-refractivity contribution in [1.29, 1.82) is 10.5 Å². The minimum absolute atomic E-state index is 0.00887. The summed E-state index contributed by atoms with van der Waals surface area (Å²) < 4.78 is 96.4. The third-order valence-electron chi connectivity index (χ3n) is 15.5. The van der Waals surface area contributed by atoms with E-state index < -0.39 is 126 Å². The van der Waals surface area contributed by atoms with Crippen LogP contribution in [0.25, 0.3) is 0 Å². The molecule has 1 aliphatic carbocycles. The second-order valence-corrected chi connectivity index (χ2v) is 22.1. The van der Waals surface area contributed by atoms with Crippen molar-refractivity contribution >= 4 is 16.3 Å². The third kappa shape index (κ3) is 12.0. The summed E-state index contributed by atoms with van der Waals surface area (Å²) in [5.74, 6) is -2.82. The molecular weight excluding hydrogens is 955 g/mol. The number of nitriles is 2. The van der Waals surface area contributed by atoms with Gasteiger partial charge in [-0.15, -0.1) is 0 Å². The summed E-state index contributed by atoms with van der Waals surface area (Å²) in [6, 6.07) is 3.48. The van der Waals surface area contributed by atoms with Gasteiger partial charge in [-0.05, 0) is 62.8 Å². The highest BCUT2D eigenvalue weighted by Crippen LogP contribution is 2.47. The Hall–Kier alpha value is -3.42. The molecule has 0 aromatic rings. The first-order chi connectivity index (χ1) is 34.2. The molecule has 7 rings (SSSR count). The number of aliphatic hydroxyl groups excluding tert-OH is 1. The quantitative estimate of drug-likeness (QED) is 0.140. The molecule has 0 amide bonds. The summed E-state index contributed by atoms with van der Waals surface area (Å²) in [6.45, 7) is 14.5. The Morgan fingerprint density at radius 1 is 0.903 bits per heavy atom. The Labute approximate surface area is 424 Å². The number of rotatable bonds is 13. The zero-order chi connectivity index (χ0) is 52.3. The minimum Gasteiger partial charge on any atom is -0.462 e. The molecule has 0 aromatic carbocycles. The number of fused-ring (bicyclic) bond motifs is 2. The Morgan fingerprint density at radius 3 is 2.21 bits per heavy atom. The van der Waals surface area contributed by atoms with Crippen LogP contribution < -0.4 is 0 Å². The van der Waals surface area contributed by atoms with E-state index in [9.17, 15) is 23.4 Å². The number of hydrogen-bond donors (Lipinski definition) is 2. The lowest BCUT2D eigenvalue weighted by atomic mass is 9.71. The number of nitrogens with zero attached hydrogens (tertiary/aromatic N) is 3. The average molecular weight is 1030 g/mol. The van der Waals surface area contributed by atoms with Crippen molar-refractivity contribution in [2.24, 2.45) is 23.7 Å². The van der Waals surface area contributed by atoms with Crippen molar-refractivity contribution < 1.29 is 75.0 Å². The average Bonchev–Trinajstić information content (AvgIpc) is 3.68. The fourth-order valence-corrected chi connectivity index (χ4v) is 12.4. The monoisotopic (exact) mass is 1030 g/mol. The van der Waals surface area contributed by atoms with E-state index in [1.165, 1.54) is 7.11 Å². The third-order valence-corrected chi connectivity index (χ3v) is 16.9. The van der Waals surface area contributed by atoms with Gasteiger partial charge in [0, 0.05) is 51.7 Å². The van der Waals surface area contributed by atoms with Gasteiger partial charge in [-0.1, -0.05) is 70.6 Å². The summed E-state index contributed by atoms with van der Waals surface area (Å²) in [6.07, 6.45) is 5.50. The van der Waals surface area contributed by atoms with Crippen LogP contribution in [0.5, 0.6) is 0 Å². The molecule has 7 aliphatic rings. The maximum atomic E-state index is 14.4. The van der Waals surface area contributed by atoms with Crippen LogP contribution in [-0.2, 0) is 66.7 Å². The highest BCUT2D eigenvalue weighted by molar-refractivity contribution is 7.84. The van der Waals surface area contributed by atoms with Crippen molar-refractivity contribution in [1.82, 2.24) is 4.31 Å². The summed E-state index contributed by atoms with van der Waals surface area (Å²) in [5, 5.41) is 42.1. The predicted octanol–water partition coefficient (Wildman–Crippen LogP) is 5.00. The van der Waals surface area contributed by atoms with E-state index in [0.717, 1.165) is 12.0 Å². The van der Waals surface area contributed by atoms with Gasteiger partial charge in [0.25, 0.3) is 0 Å². The second-order valence-electron chi connectivity index (χ2n) is 20.6. The highest BCUT2D eigenvalue weighted by atomic mass is 32.2. The summed E-state index contributed by atoms with van der Waals surface area (Å²) in [5.41, 5.74) is -0.0429. The number of allylic oxidation sites excluding steroid dienone is 2. The molecule has 4 saturated heterocycles. The molecule has 1 unspecified atom stereocenters. The minimum atomic E-state index is -4.50. The number of esters is 1. The van der Waals surface area contributed by atoms with Crippen LogP contribution >= 0.6 is 0 Å². The van der Waals surface area contributed by atoms with Crippen molar-refractivity contribution in [3.63, 3.8) is 0 Å². The van der Waals surface area contributed by atoms with Crippen LogP contribution in [0.4, 0.5) is 0 Å². The number of carbonyl (C=O) groups excluding carboxylic acids is 1. The number of carbonyl (C=O) groups is 1. The van der Waals surface area contributed by atoms with Gasteiger partial charge in [0.05, 0.1) is 61.5 Å². The van der Waals surface area contributed by atoms with Gasteiger partial charge in [0.1, 0.15) is 55.1 Å². The predicted molar refractivity (Wildman–Crippen MR) is 258 cm³/mol. The molecular formula is C52H75N3O16S. The summed E-state index contributed by atoms with van der Waals surface area (Å²) in [7, 11) is -1.50. The topological polar surface area (TPSA) is 244 Å². The lowest BCUT2D eigenvalue weighted by Crippen LogP contribution is -2.58. The molecule has 20 heteroatoms. The molecule has 2 N–H and O–H groups in total. The van der Waals surface area contributed by atoms with Gasteiger partial charge in [0.2, 0.25) is 0 Å². The van der Waals surface area contributed by atoms with E-state index in [0.29, 0.717) is 28.3 Å². The first kappa shape index (κ1) is 56.3. The Kier molecular flexibility index (Phi) is 18.5. The molecule has 19 nitrogen and oxygen atoms in total. The van der Waals surface area contributed by atoms with Crippen LogP contribution in [0, 0.1) is 46.3 Å². The Balaban J connectivity index is 1.12. The van der Waals surface area contributed by atoms with Crippen molar-refractivity contribution in [2.45, 2.75) is 191 Å². The number of hydrogen-bond acceptors (Lipinski definition) is 18. The molecule has 0 saturated carbocycles. The van der Waals surface area contributed by atoms with Crippen LogP contribution in [-0.4, -0.2) is 160 Å². The Morgan fingerprint density at radius 2 is 1.56 bits per heavy atom. The SMILES string of the molecule is CCC(C)[C@H]1O[C@]2(C=C[C@@H]1C)C[C@@H]1C[C@@H](CC=C(C)[C@@H](O[C@H]3C[C@H](OC)[C@@H](O[C@H]4C[C@H](OC)[C@@H](OS(=O)(=O)N(CC#N)CC#N)[C@H](C)O4)[C@H](C)O3)[C@@H](C)C=CC=C3CO[C@@H]4[C@H](O)C(C)=C[C@@H](C(=O)O1)[C@]34O)O2. The fraction of sp³-hybridized carbons (Fsp3) is 0.750. The largest absolute Gasteiger partial charge is 0.462 e. The first-order valence-electron chi connectivity index (χ1n) is 25.3. The van der Waals surface area contributed by atoms with Crippen molar-refractivity contribution in [2.75, 3.05) is 33.9 Å². The number of methoxy groups -OCH3 is 2.